The molecule has 0 unspecified atom stereocenters. The third-order valence-corrected chi connectivity index (χ3v) is 9.57. The van der Waals surface area contributed by atoms with E-state index in [4.69, 9.17) is 9.97 Å². The molecule has 4 aromatic carbocycles. The molecule has 0 radical (unpaired) electrons. The lowest BCUT2D eigenvalue weighted by Crippen LogP contribution is -2.09. The van der Waals surface area contributed by atoms with Crippen molar-refractivity contribution in [1.82, 2.24) is 18.8 Å². The van der Waals surface area contributed by atoms with Crippen molar-refractivity contribution in [3.63, 3.8) is 0 Å². The van der Waals surface area contributed by atoms with E-state index in [0.29, 0.717) is 0 Å². The fourth-order valence-electron chi connectivity index (χ4n) is 6.06. The molecule has 0 N–H and O–H groups in total. The lowest BCUT2D eigenvalue weighted by atomic mass is 10.1. The maximum atomic E-state index is 4.82. The van der Waals surface area contributed by atoms with Crippen LogP contribution >= 0.6 is 11.3 Å². The van der Waals surface area contributed by atoms with Crippen LogP contribution < -0.4 is 4.90 Å². The van der Waals surface area contributed by atoms with Crippen molar-refractivity contribution in [2.45, 2.75) is 0 Å². The van der Waals surface area contributed by atoms with E-state index in [-0.39, 0.29) is 0 Å². The molecule has 46 heavy (non-hydrogen) atoms. The quantitative estimate of drug-likeness (QED) is 0.188. The van der Waals surface area contributed by atoms with Gasteiger partial charge >= 0.3 is 0 Å². The first-order valence-corrected chi connectivity index (χ1v) is 16.0. The number of pyridine rings is 2. The minimum atomic E-state index is 0.938. The number of imidazole rings is 2. The Hall–Kier alpha value is -5.98. The maximum absolute atomic E-state index is 4.82. The summed E-state index contributed by atoms with van der Waals surface area (Å²) in [4.78, 5) is 13.2. The number of rotatable bonds is 6. The lowest BCUT2D eigenvalue weighted by molar-refractivity contribution is 1.19. The van der Waals surface area contributed by atoms with E-state index >= 15 is 0 Å². The molecule has 5 heterocycles. The Bertz CT molecular complexity index is 2090. The smallest absolute Gasteiger partial charge is 0.137 e. The number of nitrogens with zero attached hydrogens (tertiary/aromatic N) is 5. The summed E-state index contributed by atoms with van der Waals surface area (Å²) in [5.74, 6) is 0. The number of fused-ring (bicyclic) bond motifs is 3. The van der Waals surface area contributed by atoms with Crippen molar-refractivity contribution >= 4 is 49.8 Å². The molecule has 0 amide bonds. The van der Waals surface area contributed by atoms with Crippen LogP contribution in [0, 0.1) is 0 Å². The first kappa shape index (κ1) is 26.4. The molecule has 0 saturated carbocycles. The van der Waals surface area contributed by atoms with Crippen molar-refractivity contribution in [2.75, 3.05) is 4.90 Å². The van der Waals surface area contributed by atoms with Gasteiger partial charge in [0.1, 0.15) is 11.3 Å². The number of benzene rings is 4. The molecular formula is C40H27N5S. The fraction of sp³-hybridized carbons (Fsp3) is 0. The molecule has 9 aromatic rings. The molecule has 6 heteroatoms. The van der Waals surface area contributed by atoms with Crippen molar-refractivity contribution in [2.24, 2.45) is 0 Å². The van der Waals surface area contributed by atoms with Crippen LogP contribution in [0.3, 0.4) is 0 Å². The standard InChI is InChI=1S/C40H27N5S/c1-2-8-37-31(7-1)25-38(46-37)30-15-21-34(22-16-30)45(32-17-11-28(12-18-32)35-26-43-23-5-3-9-39(43)41-35)33-19-13-29(14-20-33)36-27-44-24-6-4-10-40(44)42-36/h1-27H. The van der Waals surface area contributed by atoms with E-state index in [1.807, 2.05) is 60.1 Å². The topological polar surface area (TPSA) is 37.8 Å². The molecule has 5 aromatic heterocycles. The number of aromatic nitrogens is 4. The van der Waals surface area contributed by atoms with Gasteiger partial charge in [0.05, 0.1) is 11.4 Å². The van der Waals surface area contributed by atoms with Crippen LogP contribution in [0.15, 0.2) is 164 Å². The largest absolute Gasteiger partial charge is 0.311 e. The predicted molar refractivity (Wildman–Crippen MR) is 190 cm³/mol. The molecular weight excluding hydrogens is 583 g/mol. The average molecular weight is 610 g/mol. The van der Waals surface area contributed by atoms with Gasteiger partial charge in [0.15, 0.2) is 0 Å². The van der Waals surface area contributed by atoms with E-state index in [9.17, 15) is 0 Å². The zero-order chi connectivity index (χ0) is 30.5. The van der Waals surface area contributed by atoms with Crippen LogP contribution in [0.5, 0.6) is 0 Å². The molecule has 0 saturated heterocycles. The molecule has 0 aliphatic heterocycles. The number of anilines is 3. The molecule has 0 spiro atoms. The first-order chi connectivity index (χ1) is 22.7. The second kappa shape index (κ2) is 10.9. The molecule has 5 nitrogen and oxygen atoms in total. The Morgan fingerprint density at radius 3 is 1.46 bits per heavy atom. The number of hydrogen-bond acceptors (Lipinski definition) is 4. The van der Waals surface area contributed by atoms with Crippen molar-refractivity contribution in [3.8, 4) is 33.0 Å². The van der Waals surface area contributed by atoms with E-state index in [1.54, 1.807) is 0 Å². The summed E-state index contributed by atoms with van der Waals surface area (Å²) >= 11 is 1.83. The summed E-state index contributed by atoms with van der Waals surface area (Å²) in [6.07, 6.45) is 8.21. The Morgan fingerprint density at radius 1 is 0.478 bits per heavy atom. The van der Waals surface area contributed by atoms with Crippen molar-refractivity contribution in [1.29, 1.82) is 0 Å². The Morgan fingerprint density at radius 2 is 0.957 bits per heavy atom. The third-order valence-electron chi connectivity index (χ3n) is 8.41. The molecule has 0 fully saturated rings. The van der Waals surface area contributed by atoms with Gasteiger partial charge in [-0.3, -0.25) is 0 Å². The van der Waals surface area contributed by atoms with Gasteiger partial charge in [0.2, 0.25) is 0 Å². The summed E-state index contributed by atoms with van der Waals surface area (Å²) in [7, 11) is 0. The van der Waals surface area contributed by atoms with Gasteiger partial charge in [0.25, 0.3) is 0 Å². The fourth-order valence-corrected chi connectivity index (χ4v) is 7.12. The minimum absolute atomic E-state index is 0.938. The summed E-state index contributed by atoms with van der Waals surface area (Å²) in [5, 5.41) is 1.28. The second-order valence-electron chi connectivity index (χ2n) is 11.3. The van der Waals surface area contributed by atoms with Gasteiger partial charge < -0.3 is 13.7 Å². The number of thiophene rings is 1. The maximum Gasteiger partial charge on any atom is 0.137 e. The van der Waals surface area contributed by atoms with Gasteiger partial charge in [-0.2, -0.15) is 0 Å². The van der Waals surface area contributed by atoms with E-state index in [1.165, 1.54) is 20.5 Å². The van der Waals surface area contributed by atoms with Gasteiger partial charge in [-0.05, 0) is 83.7 Å². The van der Waals surface area contributed by atoms with Crippen molar-refractivity contribution in [3.05, 3.63) is 164 Å². The molecule has 0 aliphatic rings. The normalized spacial score (nSPS) is 11.5. The molecule has 9 rings (SSSR count). The molecule has 0 atom stereocenters. The van der Waals surface area contributed by atoms with Crippen LogP contribution in [-0.4, -0.2) is 18.8 Å². The molecule has 0 bridgehead atoms. The monoisotopic (exact) mass is 609 g/mol. The van der Waals surface area contributed by atoms with E-state index < -0.39 is 0 Å². The Kier molecular flexibility index (Phi) is 6.25. The molecule has 0 aliphatic carbocycles. The van der Waals surface area contributed by atoms with Gasteiger partial charge in [-0.1, -0.05) is 66.7 Å². The van der Waals surface area contributed by atoms with E-state index in [2.05, 4.69) is 129 Å². The highest BCUT2D eigenvalue weighted by Crippen LogP contribution is 2.39. The average Bonchev–Trinajstić information content (AvgIpc) is 3.86. The van der Waals surface area contributed by atoms with Gasteiger partial charge in [0, 0.05) is 62.6 Å². The van der Waals surface area contributed by atoms with Crippen LogP contribution in [0.1, 0.15) is 0 Å². The van der Waals surface area contributed by atoms with Gasteiger partial charge in [-0.15, -0.1) is 11.3 Å². The SMILES string of the molecule is c1ccc2sc(-c3ccc(N(c4ccc(-c5cn6ccccc6n5)cc4)c4ccc(-c5cn6ccccc6n5)cc4)cc3)cc2c1. The van der Waals surface area contributed by atoms with E-state index in [0.717, 1.165) is 50.9 Å². The summed E-state index contributed by atoms with van der Waals surface area (Å²) in [5.41, 5.74) is 10.4. The third kappa shape index (κ3) is 4.72. The highest BCUT2D eigenvalue weighted by molar-refractivity contribution is 7.22. The van der Waals surface area contributed by atoms with Crippen molar-refractivity contribution < 1.29 is 0 Å². The van der Waals surface area contributed by atoms with Crippen LogP contribution in [0.4, 0.5) is 17.1 Å². The van der Waals surface area contributed by atoms with Gasteiger partial charge in [-0.25, -0.2) is 9.97 Å². The second-order valence-corrected chi connectivity index (χ2v) is 12.4. The van der Waals surface area contributed by atoms with Crippen LogP contribution in [0.25, 0.3) is 54.3 Å². The van der Waals surface area contributed by atoms with Crippen LogP contribution in [-0.2, 0) is 0 Å². The zero-order valence-corrected chi connectivity index (χ0v) is 25.5. The lowest BCUT2D eigenvalue weighted by Gasteiger charge is -2.26. The Labute approximate surface area is 269 Å². The summed E-state index contributed by atoms with van der Waals surface area (Å²) < 4.78 is 5.41. The predicted octanol–water partition coefficient (Wildman–Crippen LogP) is 10.7. The number of hydrogen-bond donors (Lipinski definition) is 0. The molecule has 218 valence electrons. The zero-order valence-electron chi connectivity index (χ0n) is 24.7. The summed E-state index contributed by atoms with van der Waals surface area (Å²) in [6.45, 7) is 0. The highest BCUT2D eigenvalue weighted by atomic mass is 32.1. The summed E-state index contributed by atoms with van der Waals surface area (Å²) in [6, 6.07) is 49.2. The van der Waals surface area contributed by atoms with Crippen LogP contribution in [0.2, 0.25) is 0 Å². The minimum Gasteiger partial charge on any atom is -0.311 e. The Balaban J connectivity index is 1.09. The highest BCUT2D eigenvalue weighted by Gasteiger charge is 2.15. The first-order valence-electron chi connectivity index (χ1n) is 15.2.